The van der Waals surface area contributed by atoms with E-state index in [1.54, 1.807) is 31.2 Å². The van der Waals surface area contributed by atoms with Gasteiger partial charge in [-0.15, -0.1) is 0 Å². The van der Waals surface area contributed by atoms with Crippen LogP contribution >= 0.6 is 0 Å². The highest BCUT2D eigenvalue weighted by Crippen LogP contribution is 2.23. The first-order valence-corrected chi connectivity index (χ1v) is 6.34. The molecule has 0 saturated carbocycles. The summed E-state index contributed by atoms with van der Waals surface area (Å²) in [4.78, 5) is 23.6. The van der Waals surface area contributed by atoms with Crippen LogP contribution in [0.3, 0.4) is 0 Å². The Morgan fingerprint density at radius 1 is 1.36 bits per heavy atom. The number of aromatic nitrogens is 1. The molecule has 2 aromatic rings. The van der Waals surface area contributed by atoms with E-state index in [-0.39, 0.29) is 11.4 Å². The molecule has 0 radical (unpaired) electrons. The van der Waals surface area contributed by atoms with E-state index in [0.717, 1.165) is 0 Å². The number of carbonyl (C=O) groups excluding carboxylic acids is 2. The lowest BCUT2D eigenvalue weighted by Crippen LogP contribution is -2.21. The van der Waals surface area contributed by atoms with E-state index in [4.69, 9.17) is 15.2 Å². The van der Waals surface area contributed by atoms with Crippen molar-refractivity contribution in [3.8, 4) is 5.75 Å². The number of methoxy groups -OCH3 is 1. The van der Waals surface area contributed by atoms with Crippen LogP contribution in [0.2, 0.25) is 0 Å². The van der Waals surface area contributed by atoms with Gasteiger partial charge in [-0.3, -0.25) is 4.79 Å². The van der Waals surface area contributed by atoms with Gasteiger partial charge in [0.25, 0.3) is 5.91 Å². The summed E-state index contributed by atoms with van der Waals surface area (Å²) in [6.07, 6.45) is 0. The Hall–Kier alpha value is -3.03. The molecule has 1 aromatic carbocycles. The lowest BCUT2D eigenvalue weighted by Gasteiger charge is -2.09. The van der Waals surface area contributed by atoms with Crippen molar-refractivity contribution in [3.63, 3.8) is 0 Å². The fourth-order valence-corrected chi connectivity index (χ4v) is 1.77. The van der Waals surface area contributed by atoms with Crippen LogP contribution in [0.1, 0.15) is 16.1 Å². The lowest BCUT2D eigenvalue weighted by molar-refractivity contribution is -0.119. The molecule has 0 aliphatic rings. The Balaban J connectivity index is 1.94. The van der Waals surface area contributed by atoms with Gasteiger partial charge in [0.2, 0.25) is 5.88 Å². The van der Waals surface area contributed by atoms with Crippen LogP contribution in [0.5, 0.6) is 5.75 Å². The number of hydrogen-bond donors (Lipinski definition) is 2. The van der Waals surface area contributed by atoms with Gasteiger partial charge in [0.1, 0.15) is 11.3 Å². The Labute approximate surface area is 126 Å². The number of nitrogens with one attached hydrogen (secondary N) is 1. The summed E-state index contributed by atoms with van der Waals surface area (Å²) < 4.78 is 14.6. The molecule has 116 valence electrons. The van der Waals surface area contributed by atoms with Crippen LogP contribution in [0.25, 0.3) is 0 Å². The molecule has 8 nitrogen and oxygen atoms in total. The number of nitrogens with two attached hydrogens (primary N) is 1. The zero-order chi connectivity index (χ0) is 16.1. The quantitative estimate of drug-likeness (QED) is 0.801. The number of para-hydroxylation sites is 2. The number of nitrogens with zero attached hydrogens (tertiary/aromatic N) is 1. The number of amides is 1. The van der Waals surface area contributed by atoms with Gasteiger partial charge in [-0.1, -0.05) is 17.3 Å². The molecule has 2 rings (SSSR count). The predicted molar refractivity (Wildman–Crippen MR) is 77.6 cm³/mol. The molecule has 8 heteroatoms. The third kappa shape index (κ3) is 3.35. The van der Waals surface area contributed by atoms with Crippen molar-refractivity contribution >= 4 is 23.4 Å². The Morgan fingerprint density at radius 2 is 2.09 bits per heavy atom. The van der Waals surface area contributed by atoms with Gasteiger partial charge in [-0.25, -0.2) is 4.79 Å². The largest absolute Gasteiger partial charge is 0.495 e. The summed E-state index contributed by atoms with van der Waals surface area (Å²) in [5.74, 6) is -0.925. The SMILES string of the molecule is COc1ccccc1NC(=O)COC(=O)c1c(C)noc1N. The van der Waals surface area contributed by atoms with Crippen molar-refractivity contribution in [2.45, 2.75) is 6.92 Å². The lowest BCUT2D eigenvalue weighted by atomic mass is 10.2. The first-order chi connectivity index (χ1) is 10.5. The third-order valence-corrected chi connectivity index (χ3v) is 2.81. The summed E-state index contributed by atoms with van der Waals surface area (Å²) in [7, 11) is 1.49. The van der Waals surface area contributed by atoms with Crippen molar-refractivity contribution in [3.05, 3.63) is 35.5 Å². The first kappa shape index (κ1) is 15.4. The Morgan fingerprint density at radius 3 is 2.73 bits per heavy atom. The number of ether oxygens (including phenoxy) is 2. The smallest absolute Gasteiger partial charge is 0.346 e. The highest BCUT2D eigenvalue weighted by molar-refractivity contribution is 5.98. The molecule has 1 aromatic heterocycles. The summed E-state index contributed by atoms with van der Waals surface area (Å²) in [5.41, 5.74) is 6.26. The van der Waals surface area contributed by atoms with E-state index in [1.165, 1.54) is 7.11 Å². The summed E-state index contributed by atoms with van der Waals surface area (Å²) in [6, 6.07) is 6.88. The third-order valence-electron chi connectivity index (χ3n) is 2.81. The second-order valence-corrected chi connectivity index (χ2v) is 4.33. The number of nitrogen functional groups attached to an aromatic ring is 1. The van der Waals surface area contributed by atoms with Gasteiger partial charge in [0, 0.05) is 0 Å². The van der Waals surface area contributed by atoms with Crippen LogP contribution in [0, 0.1) is 6.92 Å². The van der Waals surface area contributed by atoms with Crippen molar-refractivity contribution < 1.29 is 23.6 Å². The topological polar surface area (TPSA) is 117 Å². The molecular weight excluding hydrogens is 290 g/mol. The molecule has 3 N–H and O–H groups in total. The summed E-state index contributed by atoms with van der Waals surface area (Å²) in [6.45, 7) is 1.08. The Kier molecular flexibility index (Phi) is 4.62. The molecule has 1 amide bonds. The van der Waals surface area contributed by atoms with Gasteiger partial charge in [-0.2, -0.15) is 0 Å². The van der Waals surface area contributed by atoms with E-state index in [0.29, 0.717) is 17.1 Å². The highest BCUT2D eigenvalue weighted by Gasteiger charge is 2.21. The molecule has 1 heterocycles. The molecule has 0 spiro atoms. The number of anilines is 2. The zero-order valence-corrected chi connectivity index (χ0v) is 12.1. The van der Waals surface area contributed by atoms with Gasteiger partial charge < -0.3 is 25.0 Å². The molecule has 0 fully saturated rings. The molecule has 0 bridgehead atoms. The highest BCUT2D eigenvalue weighted by atomic mass is 16.5. The van der Waals surface area contributed by atoms with E-state index in [2.05, 4.69) is 15.0 Å². The van der Waals surface area contributed by atoms with Crippen LogP contribution in [-0.2, 0) is 9.53 Å². The summed E-state index contributed by atoms with van der Waals surface area (Å²) in [5, 5.41) is 6.12. The number of carbonyl (C=O) groups is 2. The van der Waals surface area contributed by atoms with Crippen LogP contribution in [-0.4, -0.2) is 30.7 Å². The number of benzene rings is 1. The van der Waals surface area contributed by atoms with E-state index in [1.807, 2.05) is 0 Å². The van der Waals surface area contributed by atoms with Crippen molar-refractivity contribution in [2.75, 3.05) is 24.8 Å². The van der Waals surface area contributed by atoms with Crippen LogP contribution in [0.4, 0.5) is 11.6 Å². The van der Waals surface area contributed by atoms with Gasteiger partial charge in [0.15, 0.2) is 6.61 Å². The van der Waals surface area contributed by atoms with Gasteiger partial charge >= 0.3 is 5.97 Å². The second-order valence-electron chi connectivity index (χ2n) is 4.33. The second kappa shape index (κ2) is 6.61. The Bertz CT molecular complexity index is 676. The number of aryl methyl sites for hydroxylation is 1. The molecule has 0 aliphatic heterocycles. The minimum atomic E-state index is -0.772. The van der Waals surface area contributed by atoms with E-state index in [9.17, 15) is 9.59 Å². The number of hydrogen-bond acceptors (Lipinski definition) is 7. The molecule has 0 atom stereocenters. The maximum Gasteiger partial charge on any atom is 0.346 e. The average molecular weight is 305 g/mol. The average Bonchev–Trinajstić information content (AvgIpc) is 2.84. The molecule has 0 unspecified atom stereocenters. The summed E-state index contributed by atoms with van der Waals surface area (Å²) >= 11 is 0. The van der Waals surface area contributed by atoms with E-state index < -0.39 is 18.5 Å². The van der Waals surface area contributed by atoms with Crippen LogP contribution in [0.15, 0.2) is 28.8 Å². The maximum absolute atomic E-state index is 11.8. The van der Waals surface area contributed by atoms with Gasteiger partial charge in [-0.05, 0) is 19.1 Å². The maximum atomic E-state index is 11.8. The van der Waals surface area contributed by atoms with Crippen molar-refractivity contribution in [2.24, 2.45) is 0 Å². The fraction of sp³-hybridized carbons (Fsp3) is 0.214. The standard InChI is InChI=1S/C14H15N3O5/c1-8-12(13(15)22-17-8)14(19)21-7-11(18)16-9-5-3-4-6-10(9)20-2/h3-6H,7,15H2,1-2H3,(H,16,18). The normalized spacial score (nSPS) is 10.1. The zero-order valence-electron chi connectivity index (χ0n) is 12.1. The molecular formula is C14H15N3O5. The predicted octanol–water partition coefficient (Wildman–Crippen LogP) is 1.37. The minimum absolute atomic E-state index is 0.0186. The minimum Gasteiger partial charge on any atom is -0.495 e. The van der Waals surface area contributed by atoms with Gasteiger partial charge in [0.05, 0.1) is 18.5 Å². The molecule has 0 aliphatic carbocycles. The number of rotatable bonds is 5. The molecule has 0 saturated heterocycles. The molecule has 22 heavy (non-hydrogen) atoms. The monoisotopic (exact) mass is 305 g/mol. The number of esters is 1. The van der Waals surface area contributed by atoms with Crippen molar-refractivity contribution in [1.82, 2.24) is 5.16 Å². The van der Waals surface area contributed by atoms with Crippen molar-refractivity contribution in [1.29, 1.82) is 0 Å². The van der Waals surface area contributed by atoms with Crippen LogP contribution < -0.4 is 15.8 Å². The first-order valence-electron chi connectivity index (χ1n) is 6.34. The van der Waals surface area contributed by atoms with E-state index >= 15 is 0 Å². The fourth-order valence-electron chi connectivity index (χ4n) is 1.77.